The van der Waals surface area contributed by atoms with Crippen LogP contribution in [-0.2, 0) is 6.42 Å². The molecule has 108 valence electrons. The lowest BCUT2D eigenvalue weighted by Gasteiger charge is -2.55. The summed E-state index contributed by atoms with van der Waals surface area (Å²) in [6.45, 7) is 0. The minimum atomic E-state index is 0.361. The molecular formula is C19H27N. The Labute approximate surface area is 122 Å². The molecule has 4 fully saturated rings. The molecule has 20 heavy (non-hydrogen) atoms. The van der Waals surface area contributed by atoms with E-state index >= 15 is 0 Å². The van der Waals surface area contributed by atoms with E-state index in [0.29, 0.717) is 6.04 Å². The Bertz CT molecular complexity index is 424. The molecule has 4 saturated carbocycles. The van der Waals surface area contributed by atoms with Gasteiger partial charge in [0.2, 0.25) is 0 Å². The van der Waals surface area contributed by atoms with Gasteiger partial charge in [0.1, 0.15) is 0 Å². The Kier molecular flexibility index (Phi) is 3.34. The summed E-state index contributed by atoms with van der Waals surface area (Å²) in [5, 5.41) is 0. The molecule has 1 heteroatoms. The summed E-state index contributed by atoms with van der Waals surface area (Å²) < 4.78 is 0. The molecule has 0 heterocycles. The van der Waals surface area contributed by atoms with E-state index in [1.54, 1.807) is 6.42 Å². The Balaban J connectivity index is 1.39. The molecule has 1 aromatic rings. The summed E-state index contributed by atoms with van der Waals surface area (Å²) in [6.07, 6.45) is 9.97. The molecule has 0 aliphatic heterocycles. The minimum Gasteiger partial charge on any atom is -0.327 e. The van der Waals surface area contributed by atoms with Crippen LogP contribution in [0.15, 0.2) is 30.3 Å². The molecule has 0 amide bonds. The maximum absolute atomic E-state index is 6.49. The van der Waals surface area contributed by atoms with Crippen molar-refractivity contribution in [3.63, 3.8) is 0 Å². The summed E-state index contributed by atoms with van der Waals surface area (Å²) in [4.78, 5) is 0. The average molecular weight is 269 g/mol. The van der Waals surface area contributed by atoms with E-state index in [2.05, 4.69) is 30.3 Å². The average Bonchev–Trinajstić information content (AvgIpc) is 2.43. The highest BCUT2D eigenvalue weighted by molar-refractivity contribution is 5.16. The van der Waals surface area contributed by atoms with Crippen molar-refractivity contribution in [2.45, 2.75) is 51.0 Å². The molecule has 1 aromatic carbocycles. The second kappa shape index (κ2) is 5.18. The zero-order valence-corrected chi connectivity index (χ0v) is 12.4. The van der Waals surface area contributed by atoms with Gasteiger partial charge in [-0.15, -0.1) is 0 Å². The number of rotatable bonds is 4. The van der Waals surface area contributed by atoms with Gasteiger partial charge in [-0.1, -0.05) is 30.3 Å². The molecule has 4 aliphatic carbocycles. The number of hydrogen-bond donors (Lipinski definition) is 1. The standard InChI is InChI=1S/C19H27N/c20-18(11-13-4-2-1-3-5-13)12-19-16-7-14-6-15(9-16)10-17(19)8-14/h1-5,14-19H,6-12,20H2. The fourth-order valence-electron chi connectivity index (χ4n) is 5.77. The van der Waals surface area contributed by atoms with Gasteiger partial charge in [-0.25, -0.2) is 0 Å². The topological polar surface area (TPSA) is 26.0 Å². The molecule has 1 atom stereocenters. The fraction of sp³-hybridized carbons (Fsp3) is 0.684. The van der Waals surface area contributed by atoms with Crippen LogP contribution in [0.2, 0.25) is 0 Å². The normalized spacial score (nSPS) is 40.0. The van der Waals surface area contributed by atoms with Crippen LogP contribution in [-0.4, -0.2) is 6.04 Å². The highest BCUT2D eigenvalue weighted by Gasteiger charge is 2.48. The van der Waals surface area contributed by atoms with Gasteiger partial charge >= 0.3 is 0 Å². The lowest BCUT2D eigenvalue weighted by molar-refractivity contribution is -0.0419. The molecule has 1 nitrogen and oxygen atoms in total. The van der Waals surface area contributed by atoms with E-state index in [4.69, 9.17) is 5.73 Å². The highest BCUT2D eigenvalue weighted by atomic mass is 14.6. The summed E-state index contributed by atoms with van der Waals surface area (Å²) in [5.74, 6) is 5.15. The second-order valence-corrected chi connectivity index (χ2v) is 7.78. The monoisotopic (exact) mass is 269 g/mol. The van der Waals surface area contributed by atoms with Gasteiger partial charge in [-0.05, 0) is 80.1 Å². The predicted molar refractivity (Wildman–Crippen MR) is 83.3 cm³/mol. The van der Waals surface area contributed by atoms with Crippen LogP contribution < -0.4 is 5.73 Å². The van der Waals surface area contributed by atoms with E-state index in [-0.39, 0.29) is 0 Å². The first-order chi connectivity index (χ1) is 9.78. The van der Waals surface area contributed by atoms with Gasteiger partial charge in [-0.2, -0.15) is 0 Å². The maximum atomic E-state index is 6.49. The van der Waals surface area contributed by atoms with Crippen LogP contribution in [0, 0.1) is 29.6 Å². The fourth-order valence-corrected chi connectivity index (χ4v) is 5.77. The Hall–Kier alpha value is -0.820. The first-order valence-corrected chi connectivity index (χ1v) is 8.57. The number of benzene rings is 1. The first kappa shape index (κ1) is 12.9. The van der Waals surface area contributed by atoms with Gasteiger partial charge in [0.15, 0.2) is 0 Å². The molecular weight excluding hydrogens is 242 g/mol. The van der Waals surface area contributed by atoms with Gasteiger partial charge in [0.05, 0.1) is 0 Å². The smallest absolute Gasteiger partial charge is 0.00821 e. The van der Waals surface area contributed by atoms with Crippen LogP contribution in [0.25, 0.3) is 0 Å². The van der Waals surface area contributed by atoms with Crippen LogP contribution in [0.3, 0.4) is 0 Å². The first-order valence-electron chi connectivity index (χ1n) is 8.57. The predicted octanol–water partition coefficient (Wildman–Crippen LogP) is 4.02. The van der Waals surface area contributed by atoms with Crippen molar-refractivity contribution in [1.82, 2.24) is 0 Å². The zero-order chi connectivity index (χ0) is 13.5. The van der Waals surface area contributed by atoms with Crippen LogP contribution in [0.1, 0.15) is 44.1 Å². The van der Waals surface area contributed by atoms with Crippen molar-refractivity contribution in [2.24, 2.45) is 35.3 Å². The van der Waals surface area contributed by atoms with E-state index in [9.17, 15) is 0 Å². The van der Waals surface area contributed by atoms with Crippen molar-refractivity contribution >= 4 is 0 Å². The van der Waals surface area contributed by atoms with E-state index in [1.807, 2.05) is 0 Å². The lowest BCUT2D eigenvalue weighted by atomic mass is 9.51. The van der Waals surface area contributed by atoms with Crippen LogP contribution >= 0.6 is 0 Å². The largest absolute Gasteiger partial charge is 0.327 e. The molecule has 0 radical (unpaired) electrons. The van der Waals surface area contributed by atoms with Crippen LogP contribution in [0.4, 0.5) is 0 Å². The van der Waals surface area contributed by atoms with Gasteiger partial charge in [0.25, 0.3) is 0 Å². The summed E-state index contributed by atoms with van der Waals surface area (Å²) in [6, 6.07) is 11.1. The third-order valence-electron chi connectivity index (χ3n) is 6.34. The van der Waals surface area contributed by atoms with E-state index in [0.717, 1.165) is 36.0 Å². The highest BCUT2D eigenvalue weighted by Crippen LogP contribution is 2.57. The Morgan fingerprint density at radius 1 is 0.900 bits per heavy atom. The van der Waals surface area contributed by atoms with Crippen LogP contribution in [0.5, 0.6) is 0 Å². The third kappa shape index (κ3) is 2.41. The third-order valence-corrected chi connectivity index (χ3v) is 6.34. The van der Waals surface area contributed by atoms with Gasteiger partial charge in [-0.3, -0.25) is 0 Å². The van der Waals surface area contributed by atoms with Crippen molar-refractivity contribution in [3.8, 4) is 0 Å². The molecule has 5 rings (SSSR count). The summed E-state index contributed by atoms with van der Waals surface area (Å²) in [5.41, 5.74) is 7.89. The van der Waals surface area contributed by atoms with E-state index < -0.39 is 0 Å². The number of hydrogen-bond acceptors (Lipinski definition) is 1. The molecule has 2 N–H and O–H groups in total. The van der Waals surface area contributed by atoms with Crippen molar-refractivity contribution in [2.75, 3.05) is 0 Å². The molecule has 0 aromatic heterocycles. The molecule has 0 saturated heterocycles. The molecule has 0 spiro atoms. The quantitative estimate of drug-likeness (QED) is 0.878. The maximum Gasteiger partial charge on any atom is 0.00821 e. The number of nitrogens with two attached hydrogens (primary N) is 1. The van der Waals surface area contributed by atoms with Crippen molar-refractivity contribution in [1.29, 1.82) is 0 Å². The van der Waals surface area contributed by atoms with Gasteiger partial charge < -0.3 is 5.73 Å². The Morgan fingerprint density at radius 2 is 1.50 bits per heavy atom. The Morgan fingerprint density at radius 3 is 2.10 bits per heavy atom. The second-order valence-electron chi connectivity index (χ2n) is 7.78. The van der Waals surface area contributed by atoms with Gasteiger partial charge in [0, 0.05) is 6.04 Å². The molecule has 4 aliphatic rings. The minimum absolute atomic E-state index is 0.361. The van der Waals surface area contributed by atoms with Crippen molar-refractivity contribution < 1.29 is 0 Å². The van der Waals surface area contributed by atoms with E-state index in [1.165, 1.54) is 37.7 Å². The molecule has 1 unspecified atom stereocenters. The lowest BCUT2D eigenvalue weighted by Crippen LogP contribution is -2.47. The summed E-state index contributed by atoms with van der Waals surface area (Å²) >= 11 is 0. The zero-order valence-electron chi connectivity index (χ0n) is 12.4. The molecule has 4 bridgehead atoms. The van der Waals surface area contributed by atoms with Crippen molar-refractivity contribution in [3.05, 3.63) is 35.9 Å². The SMILES string of the molecule is NC(Cc1ccccc1)CC1C2CC3CC(C2)CC1C3. The summed E-state index contributed by atoms with van der Waals surface area (Å²) in [7, 11) is 0.